The van der Waals surface area contributed by atoms with E-state index >= 15 is 0 Å². The average molecular weight is 222 g/mol. The second-order valence-corrected chi connectivity index (χ2v) is 5.63. The molecule has 0 saturated carbocycles. The van der Waals surface area contributed by atoms with E-state index in [0.717, 1.165) is 0 Å². The summed E-state index contributed by atoms with van der Waals surface area (Å²) >= 11 is 0. The highest BCUT2D eigenvalue weighted by Crippen LogP contribution is 2.13. The largest absolute Gasteiger partial charge is 0.443 e. The van der Waals surface area contributed by atoms with Crippen molar-refractivity contribution >= 4 is 16.3 Å². The van der Waals surface area contributed by atoms with Crippen molar-refractivity contribution in [2.24, 2.45) is 0 Å². The summed E-state index contributed by atoms with van der Waals surface area (Å²) in [5, 5.41) is 0. The molecular weight excluding hydrogens is 208 g/mol. The van der Waals surface area contributed by atoms with E-state index < -0.39 is 21.9 Å². The Hall–Kier alpha value is -0.820. The topological polar surface area (TPSA) is 75.7 Å². The Morgan fingerprint density at radius 1 is 1.43 bits per heavy atom. The first-order valence-corrected chi connectivity index (χ1v) is 5.67. The Bertz CT molecular complexity index is 330. The van der Waals surface area contributed by atoms with E-state index in [2.05, 4.69) is 4.72 Å². The number of nitrogens with one attached hydrogen (secondary N) is 1. The van der Waals surface area contributed by atoms with Crippen LogP contribution in [-0.2, 0) is 14.9 Å². The molecule has 0 unspecified atom stereocenters. The molecule has 1 heterocycles. The van der Waals surface area contributed by atoms with Crippen molar-refractivity contribution in [2.45, 2.75) is 26.4 Å². The highest BCUT2D eigenvalue weighted by atomic mass is 32.2. The van der Waals surface area contributed by atoms with Crippen LogP contribution in [0.15, 0.2) is 0 Å². The molecule has 0 bridgehead atoms. The van der Waals surface area contributed by atoms with Crippen LogP contribution in [0, 0.1) is 0 Å². The van der Waals surface area contributed by atoms with Crippen molar-refractivity contribution in [3.05, 3.63) is 0 Å². The minimum atomic E-state index is -3.65. The van der Waals surface area contributed by atoms with Gasteiger partial charge >= 0.3 is 16.3 Å². The number of carbonyl (C=O) groups excluding carboxylic acids is 1. The van der Waals surface area contributed by atoms with Crippen molar-refractivity contribution in [3.63, 3.8) is 0 Å². The lowest BCUT2D eigenvalue weighted by Gasteiger charge is -2.22. The molecule has 14 heavy (non-hydrogen) atoms. The van der Waals surface area contributed by atoms with Gasteiger partial charge in [-0.3, -0.25) is 0 Å². The number of ether oxygens (including phenoxy) is 1. The van der Waals surface area contributed by atoms with Gasteiger partial charge in [0, 0.05) is 6.54 Å². The Morgan fingerprint density at radius 2 is 2.00 bits per heavy atom. The normalized spacial score (nSPS) is 20.9. The van der Waals surface area contributed by atoms with E-state index in [1.54, 1.807) is 20.8 Å². The summed E-state index contributed by atoms with van der Waals surface area (Å²) in [4.78, 5) is 11.4. The van der Waals surface area contributed by atoms with Crippen LogP contribution in [0.3, 0.4) is 0 Å². The summed E-state index contributed by atoms with van der Waals surface area (Å²) in [7, 11) is -3.65. The summed E-state index contributed by atoms with van der Waals surface area (Å²) in [6, 6.07) is 0. The average Bonchev–Trinajstić information content (AvgIpc) is 2.25. The molecule has 7 heteroatoms. The van der Waals surface area contributed by atoms with E-state index in [1.807, 2.05) is 0 Å². The lowest BCUT2D eigenvalue weighted by molar-refractivity contribution is 0.0405. The van der Waals surface area contributed by atoms with Crippen molar-refractivity contribution in [2.75, 3.05) is 13.1 Å². The highest BCUT2D eigenvalue weighted by Gasteiger charge is 2.35. The van der Waals surface area contributed by atoms with Gasteiger partial charge in [-0.15, -0.1) is 0 Å². The number of hydrogen-bond donors (Lipinski definition) is 1. The maximum Gasteiger partial charge on any atom is 0.425 e. The molecule has 0 aliphatic carbocycles. The lowest BCUT2D eigenvalue weighted by Crippen LogP contribution is -2.39. The SMILES string of the molecule is CC(C)(C)OC(=O)N1CCNS1(=O)=O. The molecule has 0 radical (unpaired) electrons. The van der Waals surface area contributed by atoms with Gasteiger partial charge in [-0.25, -0.2) is 4.79 Å². The van der Waals surface area contributed by atoms with Crippen molar-refractivity contribution < 1.29 is 17.9 Å². The predicted octanol–water partition coefficient (Wildman–Crippen LogP) is 0.0715. The molecule has 1 aliphatic heterocycles. The molecule has 82 valence electrons. The zero-order chi connectivity index (χ0) is 11.0. The summed E-state index contributed by atoms with van der Waals surface area (Å²) in [5.74, 6) is 0. The first kappa shape index (κ1) is 11.3. The standard InChI is InChI=1S/C7H14N2O4S/c1-7(2,3)13-6(10)9-5-4-8-14(9,11)12/h8H,4-5H2,1-3H3. The van der Waals surface area contributed by atoms with E-state index in [0.29, 0.717) is 4.31 Å². The second kappa shape index (κ2) is 3.39. The first-order chi connectivity index (χ1) is 6.22. The van der Waals surface area contributed by atoms with Crippen molar-refractivity contribution in [1.82, 2.24) is 9.03 Å². The Morgan fingerprint density at radius 3 is 2.36 bits per heavy atom. The lowest BCUT2D eigenvalue weighted by atomic mass is 10.2. The van der Waals surface area contributed by atoms with Gasteiger partial charge in [-0.05, 0) is 20.8 Å². The summed E-state index contributed by atoms with van der Waals surface area (Å²) in [6.07, 6.45) is -0.831. The number of rotatable bonds is 0. The monoisotopic (exact) mass is 222 g/mol. The minimum absolute atomic E-state index is 0.122. The summed E-state index contributed by atoms with van der Waals surface area (Å²) in [5.41, 5.74) is -0.685. The fraction of sp³-hybridized carbons (Fsp3) is 0.857. The summed E-state index contributed by atoms with van der Waals surface area (Å²) in [6.45, 7) is 5.40. The first-order valence-electron chi connectivity index (χ1n) is 4.23. The fourth-order valence-electron chi connectivity index (χ4n) is 0.977. The smallest absolute Gasteiger partial charge is 0.425 e. The van der Waals surface area contributed by atoms with Gasteiger partial charge in [-0.2, -0.15) is 17.4 Å². The third kappa shape index (κ3) is 2.58. The molecule has 0 aromatic heterocycles. The molecule has 1 rings (SSSR count). The van der Waals surface area contributed by atoms with Gasteiger partial charge in [0.15, 0.2) is 0 Å². The van der Waals surface area contributed by atoms with Crippen LogP contribution >= 0.6 is 0 Å². The van der Waals surface area contributed by atoms with Gasteiger partial charge < -0.3 is 4.74 Å². The zero-order valence-electron chi connectivity index (χ0n) is 8.40. The van der Waals surface area contributed by atoms with Crippen LogP contribution in [0.25, 0.3) is 0 Å². The minimum Gasteiger partial charge on any atom is -0.443 e. The van der Waals surface area contributed by atoms with Crippen LogP contribution in [-0.4, -0.2) is 37.5 Å². The van der Waals surface area contributed by atoms with Crippen LogP contribution < -0.4 is 4.72 Å². The molecule has 1 aliphatic rings. The number of carbonyl (C=O) groups is 1. The van der Waals surface area contributed by atoms with Crippen molar-refractivity contribution in [1.29, 1.82) is 0 Å². The number of amides is 1. The molecule has 1 saturated heterocycles. The van der Waals surface area contributed by atoms with E-state index in [4.69, 9.17) is 4.74 Å². The van der Waals surface area contributed by atoms with Gasteiger partial charge in [0.1, 0.15) is 5.60 Å². The maximum atomic E-state index is 11.4. The van der Waals surface area contributed by atoms with Gasteiger partial charge in [0.2, 0.25) is 0 Å². The molecule has 1 fully saturated rings. The van der Waals surface area contributed by atoms with Crippen molar-refractivity contribution in [3.8, 4) is 0 Å². The third-order valence-corrected chi connectivity index (χ3v) is 2.97. The Kier molecular flexibility index (Phi) is 2.73. The highest BCUT2D eigenvalue weighted by molar-refractivity contribution is 7.87. The predicted molar refractivity (Wildman–Crippen MR) is 49.9 cm³/mol. The van der Waals surface area contributed by atoms with Crippen LogP contribution in [0.5, 0.6) is 0 Å². The molecule has 0 aromatic carbocycles. The van der Waals surface area contributed by atoms with Crippen LogP contribution in [0.1, 0.15) is 20.8 Å². The number of hydrogen-bond acceptors (Lipinski definition) is 4. The Balaban J connectivity index is 2.72. The molecule has 0 spiro atoms. The molecule has 0 aromatic rings. The van der Waals surface area contributed by atoms with Gasteiger partial charge in [0.25, 0.3) is 0 Å². The molecule has 1 amide bonds. The molecule has 1 N–H and O–H groups in total. The molecular formula is C7H14N2O4S. The van der Waals surface area contributed by atoms with Crippen LogP contribution in [0.4, 0.5) is 4.79 Å². The van der Waals surface area contributed by atoms with Gasteiger partial charge in [0.05, 0.1) is 6.54 Å². The number of nitrogens with zero attached hydrogens (tertiary/aromatic N) is 1. The molecule has 0 atom stereocenters. The van der Waals surface area contributed by atoms with E-state index in [1.165, 1.54) is 0 Å². The van der Waals surface area contributed by atoms with E-state index in [-0.39, 0.29) is 13.1 Å². The van der Waals surface area contributed by atoms with E-state index in [9.17, 15) is 13.2 Å². The quantitative estimate of drug-likeness (QED) is 0.629. The summed E-state index contributed by atoms with van der Waals surface area (Å²) < 4.78 is 30.2. The fourth-order valence-corrected chi connectivity index (χ4v) is 2.05. The Labute approximate surface area is 83.4 Å². The van der Waals surface area contributed by atoms with Crippen LogP contribution in [0.2, 0.25) is 0 Å². The second-order valence-electron chi connectivity index (χ2n) is 3.95. The zero-order valence-corrected chi connectivity index (χ0v) is 9.22. The van der Waals surface area contributed by atoms with Gasteiger partial charge in [-0.1, -0.05) is 0 Å². The maximum absolute atomic E-state index is 11.4. The molecule has 6 nitrogen and oxygen atoms in total. The third-order valence-electron chi connectivity index (χ3n) is 1.49.